The first-order valence-electron chi connectivity index (χ1n) is 7.67. The molecule has 1 fully saturated rings. The molecule has 0 spiro atoms. The summed E-state index contributed by atoms with van der Waals surface area (Å²) in [5.74, 6) is 0. The summed E-state index contributed by atoms with van der Waals surface area (Å²) in [6.45, 7) is 8.98. The number of hydrogen-bond acceptors (Lipinski definition) is 4. The number of rotatable bonds is 6. The molecule has 1 aromatic carbocycles. The van der Waals surface area contributed by atoms with Crippen LogP contribution in [0.4, 0.5) is 4.79 Å². The first-order chi connectivity index (χ1) is 10.3. The highest BCUT2D eigenvalue weighted by atomic mass is 16.5. The lowest BCUT2D eigenvalue weighted by Gasteiger charge is -2.34. The minimum Gasteiger partial charge on any atom is -0.448 e. The zero-order chi connectivity index (χ0) is 14.9. The summed E-state index contributed by atoms with van der Waals surface area (Å²) in [4.78, 5) is 16.0. The van der Waals surface area contributed by atoms with Gasteiger partial charge in [0.1, 0.15) is 6.61 Å². The molecule has 5 heteroatoms. The van der Waals surface area contributed by atoms with Crippen molar-refractivity contribution in [2.24, 2.45) is 0 Å². The minimum atomic E-state index is -0.319. The largest absolute Gasteiger partial charge is 0.448 e. The van der Waals surface area contributed by atoms with E-state index < -0.39 is 0 Å². The fourth-order valence-electron chi connectivity index (χ4n) is 2.48. The van der Waals surface area contributed by atoms with Gasteiger partial charge in [-0.1, -0.05) is 30.3 Å². The molecule has 0 unspecified atom stereocenters. The Bertz CT molecular complexity index is 417. The standard InChI is InChI=1S/C16H25N3O2/c1-2-17-16(20)21-13-12-18-8-10-19(11-9-18)14-15-6-4-3-5-7-15/h3-7H,2,8-14H2,1H3,(H,17,20). The van der Waals surface area contributed by atoms with Crippen molar-refractivity contribution in [1.82, 2.24) is 15.1 Å². The molecule has 0 saturated carbocycles. The van der Waals surface area contributed by atoms with Crippen molar-refractivity contribution in [2.75, 3.05) is 45.9 Å². The Labute approximate surface area is 126 Å². The van der Waals surface area contributed by atoms with Crippen LogP contribution in [-0.2, 0) is 11.3 Å². The number of carbonyl (C=O) groups is 1. The summed E-state index contributed by atoms with van der Waals surface area (Å²) in [5, 5.41) is 2.63. The number of alkyl carbamates (subject to hydrolysis) is 1. The van der Waals surface area contributed by atoms with Gasteiger partial charge in [0.2, 0.25) is 0 Å². The third kappa shape index (κ3) is 5.73. The Morgan fingerprint density at radius 2 is 1.81 bits per heavy atom. The molecule has 0 aliphatic carbocycles. The average Bonchev–Trinajstić information content (AvgIpc) is 2.50. The van der Waals surface area contributed by atoms with Gasteiger partial charge in [-0.05, 0) is 12.5 Å². The van der Waals surface area contributed by atoms with Gasteiger partial charge in [0.25, 0.3) is 0 Å². The number of benzene rings is 1. The number of nitrogens with zero attached hydrogens (tertiary/aromatic N) is 2. The van der Waals surface area contributed by atoms with Gasteiger partial charge in [-0.3, -0.25) is 9.80 Å². The maximum absolute atomic E-state index is 11.2. The molecular formula is C16H25N3O2. The average molecular weight is 291 g/mol. The van der Waals surface area contributed by atoms with Crippen LogP contribution in [0.5, 0.6) is 0 Å². The van der Waals surface area contributed by atoms with E-state index in [0.29, 0.717) is 13.2 Å². The van der Waals surface area contributed by atoms with E-state index in [1.807, 2.05) is 6.92 Å². The van der Waals surface area contributed by atoms with Gasteiger partial charge < -0.3 is 10.1 Å². The lowest BCUT2D eigenvalue weighted by molar-refractivity contribution is 0.0929. The molecule has 0 atom stereocenters. The number of ether oxygens (including phenoxy) is 1. The monoisotopic (exact) mass is 291 g/mol. The Kier molecular flexibility index (Phi) is 6.50. The maximum Gasteiger partial charge on any atom is 0.407 e. The van der Waals surface area contributed by atoms with Crippen LogP contribution in [0, 0.1) is 0 Å². The van der Waals surface area contributed by atoms with Crippen molar-refractivity contribution < 1.29 is 9.53 Å². The quantitative estimate of drug-likeness (QED) is 0.864. The van der Waals surface area contributed by atoms with E-state index in [1.165, 1.54) is 5.56 Å². The molecule has 1 aliphatic rings. The van der Waals surface area contributed by atoms with E-state index in [9.17, 15) is 4.79 Å². The highest BCUT2D eigenvalue weighted by Gasteiger charge is 2.16. The second kappa shape index (κ2) is 8.64. The molecule has 21 heavy (non-hydrogen) atoms. The Hall–Kier alpha value is -1.59. The number of carbonyl (C=O) groups excluding carboxylic acids is 1. The summed E-state index contributed by atoms with van der Waals surface area (Å²) in [5.41, 5.74) is 1.37. The van der Waals surface area contributed by atoms with E-state index in [4.69, 9.17) is 4.74 Å². The highest BCUT2D eigenvalue weighted by Crippen LogP contribution is 2.08. The molecule has 2 rings (SSSR count). The Balaban J connectivity index is 1.61. The number of nitrogens with one attached hydrogen (secondary N) is 1. The second-order valence-corrected chi connectivity index (χ2v) is 5.27. The Morgan fingerprint density at radius 3 is 2.48 bits per heavy atom. The van der Waals surface area contributed by atoms with Crippen LogP contribution in [0.25, 0.3) is 0 Å². The van der Waals surface area contributed by atoms with Gasteiger partial charge in [0, 0.05) is 45.8 Å². The third-order valence-corrected chi connectivity index (χ3v) is 3.68. The maximum atomic E-state index is 11.2. The molecule has 0 radical (unpaired) electrons. The van der Waals surface area contributed by atoms with Crippen molar-refractivity contribution in [3.63, 3.8) is 0 Å². The van der Waals surface area contributed by atoms with Gasteiger partial charge in [-0.25, -0.2) is 4.79 Å². The molecule has 1 saturated heterocycles. The summed E-state index contributed by atoms with van der Waals surface area (Å²) in [7, 11) is 0. The second-order valence-electron chi connectivity index (χ2n) is 5.27. The third-order valence-electron chi connectivity index (χ3n) is 3.68. The summed E-state index contributed by atoms with van der Waals surface area (Å²) < 4.78 is 5.10. The van der Waals surface area contributed by atoms with Crippen LogP contribution < -0.4 is 5.32 Å². The normalized spacial score (nSPS) is 16.6. The molecule has 1 amide bonds. The van der Waals surface area contributed by atoms with Gasteiger partial charge >= 0.3 is 6.09 Å². The van der Waals surface area contributed by atoms with Gasteiger partial charge in [-0.2, -0.15) is 0 Å². The molecular weight excluding hydrogens is 266 g/mol. The first kappa shape index (κ1) is 15.8. The highest BCUT2D eigenvalue weighted by molar-refractivity contribution is 5.66. The van der Waals surface area contributed by atoms with E-state index in [-0.39, 0.29) is 6.09 Å². The van der Waals surface area contributed by atoms with Crippen LogP contribution in [0.15, 0.2) is 30.3 Å². The lowest BCUT2D eigenvalue weighted by atomic mass is 10.2. The van der Waals surface area contributed by atoms with Gasteiger partial charge in [-0.15, -0.1) is 0 Å². The predicted molar refractivity (Wildman–Crippen MR) is 83.2 cm³/mol. The van der Waals surface area contributed by atoms with Crippen LogP contribution in [-0.4, -0.2) is 61.8 Å². The van der Waals surface area contributed by atoms with E-state index in [0.717, 1.165) is 39.3 Å². The SMILES string of the molecule is CCNC(=O)OCCN1CCN(Cc2ccccc2)CC1. The van der Waals surface area contributed by atoms with Crippen LogP contribution in [0.3, 0.4) is 0 Å². The molecule has 1 aliphatic heterocycles. The zero-order valence-corrected chi connectivity index (χ0v) is 12.8. The van der Waals surface area contributed by atoms with E-state index in [2.05, 4.69) is 45.4 Å². The lowest BCUT2D eigenvalue weighted by Crippen LogP contribution is -2.47. The molecule has 1 aromatic rings. The molecule has 116 valence electrons. The van der Waals surface area contributed by atoms with Crippen LogP contribution >= 0.6 is 0 Å². The Morgan fingerprint density at radius 1 is 1.14 bits per heavy atom. The van der Waals surface area contributed by atoms with Crippen molar-refractivity contribution in [1.29, 1.82) is 0 Å². The van der Waals surface area contributed by atoms with Gasteiger partial charge in [0.05, 0.1) is 0 Å². The van der Waals surface area contributed by atoms with Crippen molar-refractivity contribution in [3.05, 3.63) is 35.9 Å². The number of amides is 1. The fraction of sp³-hybridized carbons (Fsp3) is 0.562. The molecule has 0 bridgehead atoms. The first-order valence-corrected chi connectivity index (χ1v) is 7.67. The van der Waals surface area contributed by atoms with Crippen LogP contribution in [0.1, 0.15) is 12.5 Å². The topological polar surface area (TPSA) is 44.8 Å². The number of hydrogen-bond donors (Lipinski definition) is 1. The fourth-order valence-corrected chi connectivity index (χ4v) is 2.48. The molecule has 1 N–H and O–H groups in total. The van der Waals surface area contributed by atoms with E-state index in [1.54, 1.807) is 0 Å². The molecule has 1 heterocycles. The predicted octanol–water partition coefficient (Wildman–Crippen LogP) is 1.55. The zero-order valence-electron chi connectivity index (χ0n) is 12.8. The smallest absolute Gasteiger partial charge is 0.407 e. The van der Waals surface area contributed by atoms with Crippen molar-refractivity contribution >= 4 is 6.09 Å². The van der Waals surface area contributed by atoms with Gasteiger partial charge in [0.15, 0.2) is 0 Å². The van der Waals surface area contributed by atoms with Crippen LogP contribution in [0.2, 0.25) is 0 Å². The summed E-state index contributed by atoms with van der Waals surface area (Å²) >= 11 is 0. The van der Waals surface area contributed by atoms with E-state index >= 15 is 0 Å². The molecule has 0 aromatic heterocycles. The minimum absolute atomic E-state index is 0.319. The number of piperazine rings is 1. The summed E-state index contributed by atoms with van der Waals surface area (Å²) in [6.07, 6.45) is -0.319. The van der Waals surface area contributed by atoms with Crippen molar-refractivity contribution in [3.8, 4) is 0 Å². The van der Waals surface area contributed by atoms with Crippen molar-refractivity contribution in [2.45, 2.75) is 13.5 Å². The molecule has 5 nitrogen and oxygen atoms in total. The summed E-state index contributed by atoms with van der Waals surface area (Å²) in [6, 6.07) is 10.6.